The minimum absolute atomic E-state index is 0.0881. The van der Waals surface area contributed by atoms with Crippen LogP contribution in [0.4, 0.5) is 13.2 Å². The van der Waals surface area contributed by atoms with Gasteiger partial charge in [0.25, 0.3) is 5.92 Å². The molecule has 0 amide bonds. The van der Waals surface area contributed by atoms with Crippen molar-refractivity contribution in [3.05, 3.63) is 0 Å². The summed E-state index contributed by atoms with van der Waals surface area (Å²) in [6, 6.07) is 0. The summed E-state index contributed by atoms with van der Waals surface area (Å²) in [4.78, 5) is 1.73. The van der Waals surface area contributed by atoms with E-state index in [9.17, 15) is 18.3 Å². The Morgan fingerprint density at radius 1 is 1.33 bits per heavy atom. The Morgan fingerprint density at radius 2 is 2.00 bits per heavy atom. The Hall–Kier alpha value is -0.290. The third-order valence-electron chi connectivity index (χ3n) is 4.36. The first-order chi connectivity index (χ1) is 6.93. The van der Waals surface area contributed by atoms with E-state index in [-0.39, 0.29) is 39.0 Å². The molecule has 0 bridgehead atoms. The number of hydrogen-bond acceptors (Lipinski definition) is 2. The highest BCUT2D eigenvalue weighted by Crippen LogP contribution is 2.69. The number of nitrogens with zero attached hydrogens (tertiary/aromatic N) is 1. The van der Waals surface area contributed by atoms with Gasteiger partial charge in [0.2, 0.25) is 0 Å². The van der Waals surface area contributed by atoms with Crippen molar-refractivity contribution in [3.63, 3.8) is 0 Å². The number of rotatable bonds is 1. The molecule has 2 heterocycles. The minimum Gasteiger partial charge on any atom is -0.394 e. The van der Waals surface area contributed by atoms with Crippen LogP contribution in [0.2, 0.25) is 0 Å². The van der Waals surface area contributed by atoms with Gasteiger partial charge in [-0.15, -0.1) is 0 Å². The summed E-state index contributed by atoms with van der Waals surface area (Å²) in [5, 5.41) is 9.32. The van der Waals surface area contributed by atoms with E-state index in [1.54, 1.807) is 4.90 Å². The van der Waals surface area contributed by atoms with Gasteiger partial charge in [0.05, 0.1) is 12.0 Å². The summed E-state index contributed by atoms with van der Waals surface area (Å²) < 4.78 is 39.6. The first-order valence-electron chi connectivity index (χ1n) is 5.31. The first-order valence-corrected chi connectivity index (χ1v) is 5.31. The predicted octanol–water partition coefficient (Wildman–Crippen LogP) is 1.19. The molecule has 3 aliphatic rings. The molecule has 1 unspecified atom stereocenters. The average Bonchev–Trinajstić information content (AvgIpc) is 2.38. The monoisotopic (exact) mass is 221 g/mol. The lowest BCUT2D eigenvalue weighted by Crippen LogP contribution is -2.41. The molecular formula is C10H14F3NO. The normalized spacial score (nSPS) is 52.4. The van der Waals surface area contributed by atoms with Gasteiger partial charge >= 0.3 is 0 Å². The van der Waals surface area contributed by atoms with Gasteiger partial charge in [0.15, 0.2) is 0 Å². The van der Waals surface area contributed by atoms with Crippen LogP contribution in [-0.2, 0) is 0 Å². The van der Waals surface area contributed by atoms with Gasteiger partial charge in [-0.3, -0.25) is 4.90 Å². The molecule has 86 valence electrons. The number of fused-ring (bicyclic) bond motifs is 1. The zero-order valence-corrected chi connectivity index (χ0v) is 8.35. The number of aliphatic hydroxyl groups is 1. The molecule has 2 nitrogen and oxygen atoms in total. The highest BCUT2D eigenvalue weighted by molar-refractivity contribution is 5.22. The second-order valence-electron chi connectivity index (χ2n) is 5.40. The van der Waals surface area contributed by atoms with Gasteiger partial charge < -0.3 is 5.11 Å². The highest BCUT2D eigenvalue weighted by Gasteiger charge is 2.77. The molecule has 1 aliphatic carbocycles. The standard InChI is InChI=1S/C10H14F3NO/c11-7-1-9(6-15)3-8(4-10(8,12)13)5-14(9)2-7/h7,15H,1-6H2/t7-,8?,9+/m1/s1. The lowest BCUT2D eigenvalue weighted by Gasteiger charge is -2.28. The van der Waals surface area contributed by atoms with Crippen molar-refractivity contribution in [1.29, 1.82) is 0 Å². The lowest BCUT2D eigenvalue weighted by molar-refractivity contribution is 0.0630. The third kappa shape index (κ3) is 1.08. The quantitative estimate of drug-likeness (QED) is 0.719. The van der Waals surface area contributed by atoms with Gasteiger partial charge in [-0.05, 0) is 6.42 Å². The second-order valence-corrected chi connectivity index (χ2v) is 5.40. The van der Waals surface area contributed by atoms with Crippen molar-refractivity contribution >= 4 is 0 Å². The first kappa shape index (κ1) is 9.90. The molecule has 2 aliphatic heterocycles. The van der Waals surface area contributed by atoms with Gasteiger partial charge in [-0.25, -0.2) is 13.2 Å². The van der Waals surface area contributed by atoms with Crippen molar-refractivity contribution in [2.45, 2.75) is 36.9 Å². The zero-order valence-electron chi connectivity index (χ0n) is 8.35. The van der Waals surface area contributed by atoms with Crippen LogP contribution in [0, 0.1) is 5.41 Å². The van der Waals surface area contributed by atoms with E-state index in [1.807, 2.05) is 0 Å². The van der Waals surface area contributed by atoms with Crippen LogP contribution in [0.25, 0.3) is 0 Å². The largest absolute Gasteiger partial charge is 0.394 e. The molecule has 0 aromatic rings. The molecule has 5 heteroatoms. The van der Waals surface area contributed by atoms with Gasteiger partial charge in [0, 0.05) is 31.5 Å². The fourth-order valence-electron chi connectivity index (χ4n) is 3.47. The molecule has 2 saturated heterocycles. The minimum atomic E-state index is -2.59. The Labute approximate surface area is 86.1 Å². The number of hydrogen-bond donors (Lipinski definition) is 1. The fourth-order valence-corrected chi connectivity index (χ4v) is 3.47. The van der Waals surface area contributed by atoms with E-state index >= 15 is 0 Å². The van der Waals surface area contributed by atoms with Gasteiger partial charge in [-0.2, -0.15) is 0 Å². The van der Waals surface area contributed by atoms with Crippen molar-refractivity contribution < 1.29 is 18.3 Å². The molecule has 3 rings (SSSR count). The molecular weight excluding hydrogens is 207 g/mol. The molecule has 0 radical (unpaired) electrons. The number of aliphatic hydroxyl groups excluding tert-OH is 1. The van der Waals surface area contributed by atoms with E-state index in [0.717, 1.165) is 0 Å². The van der Waals surface area contributed by atoms with Crippen LogP contribution in [0.3, 0.4) is 0 Å². The zero-order chi connectivity index (χ0) is 10.9. The van der Waals surface area contributed by atoms with Crippen LogP contribution in [0.1, 0.15) is 19.3 Å². The summed E-state index contributed by atoms with van der Waals surface area (Å²) in [5.41, 5.74) is -1.64. The molecule has 1 N–H and O–H groups in total. The molecule has 1 saturated carbocycles. The topological polar surface area (TPSA) is 23.5 Å². The maximum atomic E-state index is 13.2. The molecule has 0 aromatic carbocycles. The third-order valence-corrected chi connectivity index (χ3v) is 4.36. The fraction of sp³-hybridized carbons (Fsp3) is 1.00. The summed E-state index contributed by atoms with van der Waals surface area (Å²) in [7, 11) is 0. The Balaban J connectivity index is 1.86. The maximum Gasteiger partial charge on any atom is 0.255 e. The van der Waals surface area contributed by atoms with E-state index < -0.39 is 23.0 Å². The van der Waals surface area contributed by atoms with Crippen LogP contribution in [-0.4, -0.2) is 47.3 Å². The predicted molar refractivity (Wildman–Crippen MR) is 47.5 cm³/mol. The van der Waals surface area contributed by atoms with Crippen molar-refractivity contribution in [2.75, 3.05) is 19.7 Å². The maximum absolute atomic E-state index is 13.2. The summed E-state index contributed by atoms with van der Waals surface area (Å²) >= 11 is 0. The average molecular weight is 221 g/mol. The SMILES string of the molecule is OC[C@@]12C[C@@H](F)CN1CC1(CC1(F)F)C2. The summed E-state index contributed by atoms with van der Waals surface area (Å²) in [6.45, 7) is 0.255. The summed E-state index contributed by atoms with van der Waals surface area (Å²) in [6.07, 6.45) is -0.595. The second kappa shape index (κ2) is 2.51. The molecule has 15 heavy (non-hydrogen) atoms. The Bertz CT molecular complexity index is 311. The molecule has 1 spiro atoms. The van der Waals surface area contributed by atoms with Crippen LogP contribution in [0.5, 0.6) is 0 Å². The Kier molecular flexibility index (Phi) is 1.66. The van der Waals surface area contributed by atoms with Crippen molar-refractivity contribution in [1.82, 2.24) is 4.90 Å². The molecule has 0 aromatic heterocycles. The highest BCUT2D eigenvalue weighted by atomic mass is 19.3. The van der Waals surface area contributed by atoms with Crippen LogP contribution >= 0.6 is 0 Å². The van der Waals surface area contributed by atoms with E-state index in [1.165, 1.54) is 0 Å². The van der Waals surface area contributed by atoms with Crippen LogP contribution in [0.15, 0.2) is 0 Å². The Morgan fingerprint density at radius 3 is 2.47 bits per heavy atom. The van der Waals surface area contributed by atoms with E-state index in [2.05, 4.69) is 0 Å². The summed E-state index contributed by atoms with van der Waals surface area (Å²) in [5.74, 6) is -2.59. The van der Waals surface area contributed by atoms with Crippen molar-refractivity contribution in [2.24, 2.45) is 5.41 Å². The molecule has 3 atom stereocenters. The number of alkyl halides is 3. The van der Waals surface area contributed by atoms with Gasteiger partial charge in [-0.1, -0.05) is 0 Å². The van der Waals surface area contributed by atoms with Crippen LogP contribution < -0.4 is 0 Å². The van der Waals surface area contributed by atoms with Gasteiger partial charge in [0.1, 0.15) is 6.17 Å². The lowest BCUT2D eigenvalue weighted by atomic mass is 9.88. The smallest absolute Gasteiger partial charge is 0.255 e. The van der Waals surface area contributed by atoms with Crippen molar-refractivity contribution in [3.8, 4) is 0 Å². The molecule has 3 fully saturated rings. The number of halogens is 3. The van der Waals surface area contributed by atoms with E-state index in [4.69, 9.17) is 0 Å². The van der Waals surface area contributed by atoms with E-state index in [0.29, 0.717) is 0 Å².